The fourth-order valence-corrected chi connectivity index (χ4v) is 4.11. The van der Waals surface area contributed by atoms with Gasteiger partial charge in [0.2, 0.25) is 5.95 Å². The number of anilines is 1. The Bertz CT molecular complexity index is 571. The van der Waals surface area contributed by atoms with Crippen molar-refractivity contribution in [2.75, 3.05) is 11.1 Å². The largest absolute Gasteiger partial charge is 0.349 e. The minimum atomic E-state index is 0.505. The van der Waals surface area contributed by atoms with Crippen molar-refractivity contribution in [3.05, 3.63) is 22.8 Å². The third-order valence-corrected chi connectivity index (χ3v) is 5.24. The highest BCUT2D eigenvalue weighted by Crippen LogP contribution is 2.31. The van der Waals surface area contributed by atoms with E-state index in [0.29, 0.717) is 11.3 Å². The fourth-order valence-electron chi connectivity index (χ4n) is 2.59. The van der Waals surface area contributed by atoms with Crippen LogP contribution >= 0.6 is 27.7 Å². The predicted molar refractivity (Wildman–Crippen MR) is 83.9 cm³/mol. The molecular weight excluding hydrogens is 324 g/mol. The predicted octanol–water partition coefficient (Wildman–Crippen LogP) is 3.58. The van der Waals surface area contributed by atoms with E-state index in [2.05, 4.69) is 38.3 Å². The maximum absolute atomic E-state index is 4.52. The van der Waals surface area contributed by atoms with Gasteiger partial charge in [0.05, 0.1) is 0 Å². The van der Waals surface area contributed by atoms with Crippen LogP contribution in [0.15, 0.2) is 22.8 Å². The van der Waals surface area contributed by atoms with Gasteiger partial charge in [-0.2, -0.15) is 16.7 Å². The van der Waals surface area contributed by atoms with Crippen LogP contribution in [0.3, 0.4) is 0 Å². The van der Waals surface area contributed by atoms with E-state index < -0.39 is 0 Å². The van der Waals surface area contributed by atoms with E-state index in [0.717, 1.165) is 16.1 Å². The van der Waals surface area contributed by atoms with Gasteiger partial charge in [0.25, 0.3) is 0 Å². The molecule has 3 rings (SSSR count). The van der Waals surface area contributed by atoms with Crippen LogP contribution in [0.1, 0.15) is 26.2 Å². The van der Waals surface area contributed by atoms with Crippen molar-refractivity contribution in [2.24, 2.45) is 0 Å². The highest BCUT2D eigenvalue weighted by Gasteiger charge is 2.27. The fraction of sp³-hybridized carbons (Fsp3) is 0.538. The summed E-state index contributed by atoms with van der Waals surface area (Å²) in [5, 5.41) is 8.69. The van der Waals surface area contributed by atoms with Gasteiger partial charge in [-0.15, -0.1) is 5.10 Å². The van der Waals surface area contributed by atoms with Crippen molar-refractivity contribution in [2.45, 2.75) is 37.5 Å². The summed E-state index contributed by atoms with van der Waals surface area (Å²) in [5.41, 5.74) is 0.878. The summed E-state index contributed by atoms with van der Waals surface area (Å²) in [4.78, 5) is 4.52. The summed E-state index contributed by atoms with van der Waals surface area (Å²) in [6.07, 6.45) is 5.75. The average Bonchev–Trinajstić information content (AvgIpc) is 2.97. The summed E-state index contributed by atoms with van der Waals surface area (Å²) in [7, 11) is 0. The number of halogens is 1. The molecule has 4 nitrogen and oxygen atoms in total. The number of aromatic nitrogens is 3. The third-order valence-electron chi connectivity index (χ3n) is 3.44. The van der Waals surface area contributed by atoms with Gasteiger partial charge in [0.1, 0.15) is 0 Å². The second-order valence-corrected chi connectivity index (χ2v) is 7.19. The van der Waals surface area contributed by atoms with Gasteiger partial charge in [-0.3, -0.25) is 0 Å². The molecule has 2 aromatic rings. The molecule has 1 fully saturated rings. The maximum Gasteiger partial charge on any atom is 0.243 e. The van der Waals surface area contributed by atoms with Gasteiger partial charge in [0.15, 0.2) is 5.65 Å². The number of rotatable bonds is 4. The Morgan fingerprint density at radius 1 is 1.47 bits per heavy atom. The summed E-state index contributed by atoms with van der Waals surface area (Å²) >= 11 is 5.49. The summed E-state index contributed by atoms with van der Waals surface area (Å²) < 4.78 is 2.82. The lowest BCUT2D eigenvalue weighted by Crippen LogP contribution is -2.26. The van der Waals surface area contributed by atoms with E-state index >= 15 is 0 Å². The summed E-state index contributed by atoms with van der Waals surface area (Å²) in [6, 6.07) is 4.46. The van der Waals surface area contributed by atoms with Crippen molar-refractivity contribution in [3.63, 3.8) is 0 Å². The van der Waals surface area contributed by atoms with Gasteiger partial charge in [-0.25, -0.2) is 4.52 Å². The molecule has 2 unspecified atom stereocenters. The molecule has 0 radical (unpaired) electrons. The molecule has 0 aliphatic heterocycles. The number of fused-ring (bicyclic) bond motifs is 1. The lowest BCUT2D eigenvalue weighted by molar-refractivity contribution is 0.754. The molecule has 2 aromatic heterocycles. The molecular formula is C13H17BrN4S. The zero-order valence-corrected chi connectivity index (χ0v) is 13.2. The molecule has 0 spiro atoms. The lowest BCUT2D eigenvalue weighted by atomic mass is 10.2. The van der Waals surface area contributed by atoms with E-state index in [9.17, 15) is 0 Å². The zero-order valence-electron chi connectivity index (χ0n) is 10.8. The SMILES string of the molecule is CCSC1CCCC1Nc1nc2ccc(Br)cn2n1. The Hall–Kier alpha value is -0.750. The van der Waals surface area contributed by atoms with Gasteiger partial charge in [0, 0.05) is 22.0 Å². The normalized spacial score (nSPS) is 23.1. The molecule has 19 heavy (non-hydrogen) atoms. The Labute approximate surface area is 125 Å². The first-order chi connectivity index (χ1) is 9.26. The molecule has 0 amide bonds. The number of hydrogen-bond donors (Lipinski definition) is 1. The van der Waals surface area contributed by atoms with Crippen LogP contribution in [0.5, 0.6) is 0 Å². The van der Waals surface area contributed by atoms with Crippen LogP contribution in [0, 0.1) is 0 Å². The van der Waals surface area contributed by atoms with Crippen LogP contribution in [-0.4, -0.2) is 31.6 Å². The first kappa shape index (κ1) is 13.2. The highest BCUT2D eigenvalue weighted by atomic mass is 79.9. The van der Waals surface area contributed by atoms with E-state index in [4.69, 9.17) is 0 Å². The third kappa shape index (κ3) is 2.89. The van der Waals surface area contributed by atoms with E-state index in [-0.39, 0.29) is 0 Å². The lowest BCUT2D eigenvalue weighted by Gasteiger charge is -2.18. The number of pyridine rings is 1. The molecule has 6 heteroatoms. The molecule has 1 saturated carbocycles. The Kier molecular flexibility index (Phi) is 3.98. The van der Waals surface area contributed by atoms with Crippen molar-refractivity contribution < 1.29 is 0 Å². The van der Waals surface area contributed by atoms with Crippen molar-refractivity contribution in [1.29, 1.82) is 0 Å². The van der Waals surface area contributed by atoms with Crippen molar-refractivity contribution in [3.8, 4) is 0 Å². The van der Waals surface area contributed by atoms with Gasteiger partial charge in [-0.05, 0) is 46.7 Å². The average molecular weight is 341 g/mol. The Morgan fingerprint density at radius 3 is 3.21 bits per heavy atom. The Morgan fingerprint density at radius 2 is 2.37 bits per heavy atom. The molecule has 2 heterocycles. The highest BCUT2D eigenvalue weighted by molar-refractivity contribution is 9.10. The smallest absolute Gasteiger partial charge is 0.243 e. The number of hydrogen-bond acceptors (Lipinski definition) is 4. The molecule has 1 N–H and O–H groups in total. The molecule has 1 aliphatic carbocycles. The van der Waals surface area contributed by atoms with E-state index in [1.807, 2.05) is 34.6 Å². The maximum atomic E-state index is 4.52. The van der Waals surface area contributed by atoms with Gasteiger partial charge < -0.3 is 5.32 Å². The summed E-state index contributed by atoms with van der Waals surface area (Å²) in [5.74, 6) is 1.92. The molecule has 0 bridgehead atoms. The second kappa shape index (κ2) is 5.71. The molecule has 0 aromatic carbocycles. The first-order valence-corrected chi connectivity index (χ1v) is 8.50. The molecule has 1 aliphatic rings. The molecule has 0 saturated heterocycles. The van der Waals surface area contributed by atoms with E-state index in [1.165, 1.54) is 25.0 Å². The van der Waals surface area contributed by atoms with Crippen LogP contribution in [0.25, 0.3) is 5.65 Å². The van der Waals surface area contributed by atoms with Crippen LogP contribution in [0.2, 0.25) is 0 Å². The second-order valence-electron chi connectivity index (χ2n) is 4.76. The van der Waals surface area contributed by atoms with Crippen LogP contribution < -0.4 is 5.32 Å². The van der Waals surface area contributed by atoms with Crippen molar-refractivity contribution in [1.82, 2.24) is 14.6 Å². The number of nitrogens with zero attached hydrogens (tertiary/aromatic N) is 3. The molecule has 102 valence electrons. The van der Waals surface area contributed by atoms with Crippen LogP contribution in [0.4, 0.5) is 5.95 Å². The Balaban J connectivity index is 1.77. The first-order valence-electron chi connectivity index (χ1n) is 6.66. The molecule has 2 atom stereocenters. The number of thioether (sulfide) groups is 1. The quantitative estimate of drug-likeness (QED) is 0.923. The monoisotopic (exact) mass is 340 g/mol. The number of nitrogens with one attached hydrogen (secondary N) is 1. The zero-order chi connectivity index (χ0) is 13.2. The minimum Gasteiger partial charge on any atom is -0.349 e. The summed E-state index contributed by atoms with van der Waals surface area (Å²) in [6.45, 7) is 2.22. The minimum absolute atomic E-state index is 0.505. The van der Waals surface area contributed by atoms with Crippen molar-refractivity contribution >= 4 is 39.3 Å². The topological polar surface area (TPSA) is 42.2 Å². The van der Waals surface area contributed by atoms with Crippen LogP contribution in [-0.2, 0) is 0 Å². The van der Waals surface area contributed by atoms with Gasteiger partial charge >= 0.3 is 0 Å². The standard InChI is InChI=1S/C13H17BrN4S/c1-2-19-11-5-3-4-10(11)15-13-16-12-7-6-9(14)8-18(12)17-13/h6-8,10-11H,2-5H2,1H3,(H,15,17). The van der Waals surface area contributed by atoms with E-state index in [1.54, 1.807) is 0 Å². The van der Waals surface area contributed by atoms with Gasteiger partial charge in [-0.1, -0.05) is 13.3 Å².